The number of ether oxygens (including phenoxy) is 1. The second-order valence-corrected chi connectivity index (χ2v) is 7.62. The van der Waals surface area contributed by atoms with Gasteiger partial charge in [0.2, 0.25) is 0 Å². The van der Waals surface area contributed by atoms with Gasteiger partial charge < -0.3 is 9.64 Å². The Labute approximate surface area is 149 Å². The number of aromatic nitrogens is 2. The first-order chi connectivity index (χ1) is 11.3. The first kappa shape index (κ1) is 16.9. The van der Waals surface area contributed by atoms with Gasteiger partial charge in [-0.05, 0) is 60.8 Å². The van der Waals surface area contributed by atoms with Crippen molar-refractivity contribution in [3.8, 4) is 0 Å². The fraction of sp³-hybridized carbons (Fsp3) is 0.389. The first-order valence-electron chi connectivity index (χ1n) is 7.92. The van der Waals surface area contributed by atoms with Crippen LogP contribution in [0.1, 0.15) is 32.9 Å². The van der Waals surface area contributed by atoms with Crippen LogP contribution in [0.3, 0.4) is 0 Å². The highest BCUT2D eigenvalue weighted by molar-refractivity contribution is 9.10. The smallest absolute Gasteiger partial charge is 0.410 e. The molecule has 24 heavy (non-hydrogen) atoms. The Morgan fingerprint density at radius 1 is 1.33 bits per heavy atom. The third-order valence-electron chi connectivity index (χ3n) is 3.71. The summed E-state index contributed by atoms with van der Waals surface area (Å²) in [6, 6.07) is 5.84. The zero-order valence-corrected chi connectivity index (χ0v) is 15.6. The summed E-state index contributed by atoms with van der Waals surface area (Å²) in [5.74, 6) is 0. The number of benzene rings is 1. The van der Waals surface area contributed by atoms with E-state index in [0.29, 0.717) is 13.1 Å². The molecule has 0 aliphatic carbocycles. The molecule has 1 amide bonds. The lowest BCUT2D eigenvalue weighted by atomic mass is 10.1. The minimum atomic E-state index is -0.475. The lowest BCUT2D eigenvalue weighted by Gasteiger charge is -2.29. The predicted octanol–water partition coefficient (Wildman–Crippen LogP) is 4.42. The maximum absolute atomic E-state index is 12.1. The molecular weight excluding hydrogens is 370 g/mol. The summed E-state index contributed by atoms with van der Waals surface area (Å²) in [4.78, 5) is 23.0. The van der Waals surface area contributed by atoms with Crippen molar-refractivity contribution in [1.82, 2.24) is 14.9 Å². The van der Waals surface area contributed by atoms with Crippen LogP contribution in [0.2, 0.25) is 0 Å². The van der Waals surface area contributed by atoms with Crippen LogP contribution in [0.15, 0.2) is 34.9 Å². The van der Waals surface area contributed by atoms with Crippen LogP contribution >= 0.6 is 15.9 Å². The largest absolute Gasteiger partial charge is 0.444 e. The molecule has 0 saturated heterocycles. The molecule has 1 aliphatic rings. The number of amides is 1. The summed E-state index contributed by atoms with van der Waals surface area (Å²) >= 11 is 3.52. The molecule has 1 aromatic carbocycles. The first-order valence-corrected chi connectivity index (χ1v) is 8.71. The second kappa shape index (κ2) is 6.51. The Morgan fingerprint density at radius 3 is 2.79 bits per heavy atom. The van der Waals surface area contributed by atoms with Gasteiger partial charge in [-0.2, -0.15) is 0 Å². The minimum Gasteiger partial charge on any atom is -0.444 e. The highest BCUT2D eigenvalue weighted by atomic mass is 79.9. The van der Waals surface area contributed by atoms with Crippen molar-refractivity contribution in [3.63, 3.8) is 0 Å². The van der Waals surface area contributed by atoms with E-state index in [2.05, 4.69) is 20.9 Å². The Hall–Kier alpha value is -1.95. The molecule has 1 aliphatic heterocycles. The molecule has 5 nitrogen and oxygen atoms in total. The highest BCUT2D eigenvalue weighted by Crippen LogP contribution is 2.26. The molecule has 0 spiro atoms. The Morgan fingerprint density at radius 2 is 2.12 bits per heavy atom. The average Bonchev–Trinajstić information content (AvgIpc) is 2.53. The van der Waals surface area contributed by atoms with Crippen molar-refractivity contribution in [2.75, 3.05) is 13.1 Å². The van der Waals surface area contributed by atoms with Crippen molar-refractivity contribution >= 4 is 38.6 Å². The van der Waals surface area contributed by atoms with Gasteiger partial charge in [-0.3, -0.25) is 4.98 Å². The normalized spacial score (nSPS) is 15.3. The number of carbonyl (C=O) groups is 1. The molecule has 0 radical (unpaired) electrons. The summed E-state index contributed by atoms with van der Waals surface area (Å²) in [7, 11) is 0. The van der Waals surface area contributed by atoms with Crippen LogP contribution in [0.5, 0.6) is 0 Å². The van der Waals surface area contributed by atoms with Crippen molar-refractivity contribution in [1.29, 1.82) is 0 Å². The number of halogens is 1. The van der Waals surface area contributed by atoms with Gasteiger partial charge in [0.1, 0.15) is 11.1 Å². The fourth-order valence-corrected chi connectivity index (χ4v) is 2.99. The van der Waals surface area contributed by atoms with Crippen LogP contribution in [0.4, 0.5) is 4.79 Å². The Bertz CT molecular complexity index is 812. The van der Waals surface area contributed by atoms with Gasteiger partial charge in [0.25, 0.3) is 0 Å². The molecule has 0 atom stereocenters. The molecule has 0 N–H and O–H groups in total. The predicted molar refractivity (Wildman–Crippen MR) is 97.6 cm³/mol. The average molecular weight is 390 g/mol. The van der Waals surface area contributed by atoms with Crippen molar-refractivity contribution in [3.05, 3.63) is 40.6 Å². The Balaban J connectivity index is 1.78. The number of carbonyl (C=O) groups excluding carboxylic acids is 1. The van der Waals surface area contributed by atoms with E-state index in [1.165, 1.54) is 0 Å². The number of hydrogen-bond acceptors (Lipinski definition) is 4. The number of para-hydroxylation sites is 1. The molecule has 0 fully saturated rings. The van der Waals surface area contributed by atoms with Gasteiger partial charge in [-0.25, -0.2) is 9.78 Å². The summed E-state index contributed by atoms with van der Waals surface area (Å²) in [5.41, 5.74) is 3.21. The van der Waals surface area contributed by atoms with E-state index in [-0.39, 0.29) is 6.09 Å². The van der Waals surface area contributed by atoms with Gasteiger partial charge >= 0.3 is 6.09 Å². The number of fused-ring (bicyclic) bond motifs is 1. The van der Waals surface area contributed by atoms with E-state index < -0.39 is 5.60 Å². The molecule has 0 saturated carbocycles. The van der Waals surface area contributed by atoms with Crippen LogP contribution in [0.25, 0.3) is 16.6 Å². The van der Waals surface area contributed by atoms with E-state index >= 15 is 0 Å². The van der Waals surface area contributed by atoms with Crippen molar-refractivity contribution < 1.29 is 9.53 Å². The number of rotatable bonds is 1. The van der Waals surface area contributed by atoms with Crippen LogP contribution < -0.4 is 0 Å². The third-order valence-corrected chi connectivity index (χ3v) is 4.35. The quantitative estimate of drug-likeness (QED) is 0.724. The SMILES string of the molecule is CC(C)(C)OC(=O)N1CC=C(c2cnc3cccc(Br)c3n2)CC1. The standard InChI is InChI=1S/C18H20BrN3O2/c1-18(2,3)24-17(23)22-9-7-12(8-10-22)15-11-20-14-6-4-5-13(19)16(14)21-15/h4-7,11H,8-10H2,1-3H3. The summed E-state index contributed by atoms with van der Waals surface area (Å²) in [6.07, 6.45) is 4.29. The highest BCUT2D eigenvalue weighted by Gasteiger charge is 2.24. The number of hydrogen-bond donors (Lipinski definition) is 0. The molecule has 2 aromatic rings. The maximum Gasteiger partial charge on any atom is 0.410 e. The lowest BCUT2D eigenvalue weighted by Crippen LogP contribution is -2.39. The van der Waals surface area contributed by atoms with E-state index in [1.54, 1.807) is 11.1 Å². The van der Waals surface area contributed by atoms with Crippen molar-refractivity contribution in [2.45, 2.75) is 32.8 Å². The third kappa shape index (κ3) is 3.75. The summed E-state index contributed by atoms with van der Waals surface area (Å²) < 4.78 is 6.35. The molecule has 1 aromatic heterocycles. The zero-order chi connectivity index (χ0) is 17.3. The van der Waals surface area contributed by atoms with E-state index in [0.717, 1.165) is 33.2 Å². The monoisotopic (exact) mass is 389 g/mol. The molecule has 0 unspecified atom stereocenters. The van der Waals surface area contributed by atoms with Gasteiger partial charge in [0, 0.05) is 17.6 Å². The fourth-order valence-electron chi connectivity index (χ4n) is 2.55. The van der Waals surface area contributed by atoms with Gasteiger partial charge in [0.05, 0.1) is 17.4 Å². The maximum atomic E-state index is 12.1. The van der Waals surface area contributed by atoms with E-state index in [9.17, 15) is 4.79 Å². The second-order valence-electron chi connectivity index (χ2n) is 6.77. The van der Waals surface area contributed by atoms with E-state index in [4.69, 9.17) is 9.72 Å². The minimum absolute atomic E-state index is 0.273. The number of nitrogens with zero attached hydrogens (tertiary/aromatic N) is 3. The van der Waals surface area contributed by atoms with Gasteiger partial charge in [-0.1, -0.05) is 12.1 Å². The van der Waals surface area contributed by atoms with E-state index in [1.807, 2.05) is 45.0 Å². The van der Waals surface area contributed by atoms with Crippen molar-refractivity contribution in [2.24, 2.45) is 0 Å². The molecule has 0 bridgehead atoms. The molecule has 126 valence electrons. The molecule has 6 heteroatoms. The molecule has 3 rings (SSSR count). The van der Waals surface area contributed by atoms with Gasteiger partial charge in [0.15, 0.2) is 0 Å². The molecular formula is C18H20BrN3O2. The topological polar surface area (TPSA) is 55.3 Å². The van der Waals surface area contributed by atoms with Crippen LogP contribution in [0, 0.1) is 0 Å². The van der Waals surface area contributed by atoms with Gasteiger partial charge in [-0.15, -0.1) is 0 Å². The molecule has 2 heterocycles. The lowest BCUT2D eigenvalue weighted by molar-refractivity contribution is 0.0270. The van der Waals surface area contributed by atoms with Crippen LogP contribution in [-0.2, 0) is 4.74 Å². The zero-order valence-electron chi connectivity index (χ0n) is 14.0. The Kier molecular flexibility index (Phi) is 4.58. The summed E-state index contributed by atoms with van der Waals surface area (Å²) in [5, 5.41) is 0. The summed E-state index contributed by atoms with van der Waals surface area (Å²) in [6.45, 7) is 6.77. The van der Waals surface area contributed by atoms with Crippen LogP contribution in [-0.4, -0.2) is 39.7 Å².